The van der Waals surface area contributed by atoms with Gasteiger partial charge in [0.25, 0.3) is 0 Å². The van der Waals surface area contributed by atoms with Crippen LogP contribution in [0.2, 0.25) is 6.32 Å². The van der Waals surface area contributed by atoms with Gasteiger partial charge in [-0.3, -0.25) is 4.79 Å². The fraction of sp³-hybridized carbons (Fsp3) is 0.833. The Kier molecular flexibility index (Phi) is 5.88. The molecule has 5 heteroatoms. The summed E-state index contributed by atoms with van der Waals surface area (Å²) in [5.41, 5.74) is 0. The summed E-state index contributed by atoms with van der Waals surface area (Å²) >= 11 is 0. The normalized spacial score (nSPS) is 12.5. The first-order valence-electron chi connectivity index (χ1n) is 3.63. The Morgan fingerprint density at radius 1 is 1.82 bits per heavy atom. The van der Waals surface area contributed by atoms with Crippen LogP contribution in [-0.4, -0.2) is 45.2 Å². The molecule has 0 aliphatic rings. The Labute approximate surface area is 67.3 Å². The molecule has 1 atom stereocenters. The van der Waals surface area contributed by atoms with Crippen molar-refractivity contribution in [2.24, 2.45) is 0 Å². The minimum atomic E-state index is -0.271. The number of nitrogens with one attached hydrogen (secondary N) is 1. The molecule has 0 saturated heterocycles. The molecular weight excluding hydrogens is 145 g/mol. The molecule has 0 aromatic heterocycles. The van der Waals surface area contributed by atoms with Gasteiger partial charge < -0.3 is 15.2 Å². The zero-order valence-electron chi connectivity index (χ0n) is 6.96. The highest BCUT2D eigenvalue weighted by atomic mass is 16.5. The van der Waals surface area contributed by atoms with Crippen molar-refractivity contribution in [3.8, 4) is 0 Å². The standard InChI is InChI=1S/C6H14BNO3/c1-11-4-5(3-9)8-6(10)2-7/h5,9H,2-4,7H2,1H3,(H,8,10). The Morgan fingerprint density at radius 3 is 2.82 bits per heavy atom. The number of hydrogen-bond acceptors (Lipinski definition) is 3. The molecule has 64 valence electrons. The van der Waals surface area contributed by atoms with E-state index < -0.39 is 0 Å². The predicted molar refractivity (Wildman–Crippen MR) is 44.2 cm³/mol. The SMILES string of the molecule is BCC(=O)NC(CO)COC. The molecule has 4 nitrogen and oxygen atoms in total. The average molecular weight is 159 g/mol. The highest BCUT2D eigenvalue weighted by molar-refractivity contribution is 6.19. The van der Waals surface area contributed by atoms with Gasteiger partial charge in [-0.15, -0.1) is 0 Å². The van der Waals surface area contributed by atoms with Gasteiger partial charge in [-0.05, 0) is 6.32 Å². The fourth-order valence-electron chi connectivity index (χ4n) is 0.671. The van der Waals surface area contributed by atoms with Crippen LogP contribution >= 0.6 is 0 Å². The number of methoxy groups -OCH3 is 1. The van der Waals surface area contributed by atoms with E-state index in [-0.39, 0.29) is 18.6 Å². The van der Waals surface area contributed by atoms with Crippen molar-refractivity contribution in [3.05, 3.63) is 0 Å². The molecule has 0 saturated carbocycles. The predicted octanol–water partition coefficient (Wildman–Crippen LogP) is -1.84. The lowest BCUT2D eigenvalue weighted by Gasteiger charge is -2.13. The molecule has 0 rings (SSSR count). The van der Waals surface area contributed by atoms with Crippen LogP contribution in [-0.2, 0) is 9.53 Å². The first-order chi connectivity index (χ1) is 5.24. The minimum Gasteiger partial charge on any atom is -0.394 e. The van der Waals surface area contributed by atoms with Crippen molar-refractivity contribution in [1.29, 1.82) is 0 Å². The van der Waals surface area contributed by atoms with Gasteiger partial charge in [0.15, 0.2) is 0 Å². The Bertz CT molecular complexity index is 120. The van der Waals surface area contributed by atoms with E-state index in [9.17, 15) is 4.79 Å². The summed E-state index contributed by atoms with van der Waals surface area (Å²) < 4.78 is 4.77. The first-order valence-corrected chi connectivity index (χ1v) is 3.63. The summed E-state index contributed by atoms with van der Waals surface area (Å²) in [5, 5.41) is 11.3. The number of aliphatic hydroxyl groups excluding tert-OH is 1. The highest BCUT2D eigenvalue weighted by Gasteiger charge is 2.08. The van der Waals surface area contributed by atoms with Crippen LogP contribution in [0.1, 0.15) is 0 Å². The summed E-state index contributed by atoms with van der Waals surface area (Å²) in [6.07, 6.45) is 0.431. The van der Waals surface area contributed by atoms with Gasteiger partial charge in [0.2, 0.25) is 5.91 Å². The Balaban J connectivity index is 3.58. The van der Waals surface area contributed by atoms with Gasteiger partial charge in [0.05, 0.1) is 19.3 Å². The van der Waals surface area contributed by atoms with Crippen molar-refractivity contribution < 1.29 is 14.6 Å². The van der Waals surface area contributed by atoms with Crippen molar-refractivity contribution in [1.82, 2.24) is 5.32 Å². The van der Waals surface area contributed by atoms with Crippen molar-refractivity contribution >= 4 is 13.8 Å². The van der Waals surface area contributed by atoms with Crippen LogP contribution in [0.4, 0.5) is 0 Å². The molecule has 0 radical (unpaired) electrons. The zero-order valence-corrected chi connectivity index (χ0v) is 6.96. The average Bonchev–Trinajstić information content (AvgIpc) is 2.03. The number of hydrogen-bond donors (Lipinski definition) is 2. The highest BCUT2D eigenvalue weighted by Crippen LogP contribution is 1.84. The molecule has 0 aromatic carbocycles. The number of carbonyl (C=O) groups is 1. The molecule has 0 bridgehead atoms. The van der Waals surface area contributed by atoms with Gasteiger partial charge in [0, 0.05) is 7.11 Å². The van der Waals surface area contributed by atoms with Crippen molar-refractivity contribution in [2.45, 2.75) is 12.4 Å². The largest absolute Gasteiger partial charge is 0.394 e. The number of carbonyl (C=O) groups excluding carboxylic acids is 1. The van der Waals surface area contributed by atoms with E-state index in [0.29, 0.717) is 12.9 Å². The van der Waals surface area contributed by atoms with Crippen LogP contribution in [0.3, 0.4) is 0 Å². The molecule has 1 unspecified atom stereocenters. The number of amides is 1. The summed E-state index contributed by atoms with van der Waals surface area (Å²) in [7, 11) is 3.29. The molecule has 0 aliphatic heterocycles. The second-order valence-electron chi connectivity index (χ2n) is 2.26. The number of ether oxygens (including phenoxy) is 1. The lowest BCUT2D eigenvalue weighted by molar-refractivity contribution is -0.120. The first kappa shape index (κ1) is 10.5. The fourth-order valence-corrected chi connectivity index (χ4v) is 0.671. The van der Waals surface area contributed by atoms with E-state index in [1.165, 1.54) is 7.11 Å². The number of aliphatic hydroxyl groups is 1. The van der Waals surface area contributed by atoms with E-state index in [1.807, 2.05) is 0 Å². The topological polar surface area (TPSA) is 58.6 Å². The van der Waals surface area contributed by atoms with Crippen LogP contribution < -0.4 is 5.32 Å². The van der Waals surface area contributed by atoms with E-state index in [2.05, 4.69) is 5.32 Å². The quantitative estimate of drug-likeness (QED) is 0.463. The second kappa shape index (κ2) is 6.18. The van der Waals surface area contributed by atoms with E-state index in [4.69, 9.17) is 9.84 Å². The zero-order chi connectivity index (χ0) is 8.69. The Hall–Kier alpha value is -0.545. The molecule has 0 aliphatic carbocycles. The molecule has 11 heavy (non-hydrogen) atoms. The van der Waals surface area contributed by atoms with Crippen molar-refractivity contribution in [3.63, 3.8) is 0 Å². The molecule has 0 spiro atoms. The molecule has 0 fully saturated rings. The maximum Gasteiger partial charge on any atom is 0.212 e. The van der Waals surface area contributed by atoms with E-state index >= 15 is 0 Å². The van der Waals surface area contributed by atoms with Crippen LogP contribution in [0.5, 0.6) is 0 Å². The van der Waals surface area contributed by atoms with Crippen LogP contribution in [0, 0.1) is 0 Å². The third-order valence-corrected chi connectivity index (χ3v) is 1.27. The smallest absolute Gasteiger partial charge is 0.212 e. The second-order valence-corrected chi connectivity index (χ2v) is 2.26. The van der Waals surface area contributed by atoms with E-state index in [0.717, 1.165) is 0 Å². The summed E-state index contributed by atoms with van der Waals surface area (Å²) in [4.78, 5) is 10.8. The lowest BCUT2D eigenvalue weighted by atomic mass is 10.0. The van der Waals surface area contributed by atoms with E-state index in [1.54, 1.807) is 7.85 Å². The summed E-state index contributed by atoms with van der Waals surface area (Å²) in [5.74, 6) is -0.0684. The summed E-state index contributed by atoms with van der Waals surface area (Å²) in [6, 6.07) is -0.271. The van der Waals surface area contributed by atoms with Gasteiger partial charge in [-0.25, -0.2) is 0 Å². The molecule has 0 aromatic rings. The molecule has 2 N–H and O–H groups in total. The maximum absolute atomic E-state index is 10.8. The Morgan fingerprint density at radius 2 is 2.45 bits per heavy atom. The third kappa shape index (κ3) is 4.81. The number of rotatable bonds is 5. The van der Waals surface area contributed by atoms with Gasteiger partial charge in [0.1, 0.15) is 7.85 Å². The summed E-state index contributed by atoms with van der Waals surface area (Å²) in [6.45, 7) is 0.266. The van der Waals surface area contributed by atoms with Crippen LogP contribution in [0.15, 0.2) is 0 Å². The maximum atomic E-state index is 10.8. The van der Waals surface area contributed by atoms with Crippen LogP contribution in [0.25, 0.3) is 0 Å². The van der Waals surface area contributed by atoms with Gasteiger partial charge in [-0.1, -0.05) is 0 Å². The molecular formula is C6H14BNO3. The van der Waals surface area contributed by atoms with Gasteiger partial charge in [-0.2, -0.15) is 0 Å². The monoisotopic (exact) mass is 159 g/mol. The van der Waals surface area contributed by atoms with Gasteiger partial charge >= 0.3 is 0 Å². The molecule has 0 heterocycles. The molecule has 1 amide bonds. The lowest BCUT2D eigenvalue weighted by Crippen LogP contribution is -2.40. The van der Waals surface area contributed by atoms with Crippen molar-refractivity contribution in [2.75, 3.05) is 20.3 Å². The third-order valence-electron chi connectivity index (χ3n) is 1.27. The minimum absolute atomic E-state index is 0.0684.